The lowest BCUT2D eigenvalue weighted by atomic mass is 9.84. The standard InChI is InChI=1S/C15H22ClNO/c1-9(2)14(10(3)17)8-12-7-13(16)6-11-4-5-18-15(11)12/h6-7,9-10,14H,4-5,8,17H2,1-3H3. The van der Waals surface area contributed by atoms with Crippen molar-refractivity contribution >= 4 is 11.6 Å². The number of hydrogen-bond donors (Lipinski definition) is 1. The van der Waals surface area contributed by atoms with E-state index in [-0.39, 0.29) is 6.04 Å². The number of hydrogen-bond acceptors (Lipinski definition) is 2. The van der Waals surface area contributed by atoms with E-state index in [0.29, 0.717) is 11.8 Å². The maximum Gasteiger partial charge on any atom is 0.125 e. The van der Waals surface area contributed by atoms with E-state index >= 15 is 0 Å². The Kier molecular flexibility index (Phi) is 4.18. The highest BCUT2D eigenvalue weighted by molar-refractivity contribution is 6.30. The minimum atomic E-state index is 0.182. The van der Waals surface area contributed by atoms with Gasteiger partial charge in [0.05, 0.1) is 6.61 Å². The van der Waals surface area contributed by atoms with Gasteiger partial charge in [-0.3, -0.25) is 0 Å². The number of rotatable bonds is 4. The van der Waals surface area contributed by atoms with Crippen LogP contribution in [0.3, 0.4) is 0 Å². The summed E-state index contributed by atoms with van der Waals surface area (Å²) < 4.78 is 5.75. The number of fused-ring (bicyclic) bond motifs is 1. The van der Waals surface area contributed by atoms with E-state index in [4.69, 9.17) is 22.1 Å². The molecule has 1 aromatic carbocycles. The molecule has 2 unspecified atom stereocenters. The van der Waals surface area contributed by atoms with Crippen LogP contribution in [0.1, 0.15) is 31.9 Å². The molecule has 0 saturated heterocycles. The van der Waals surface area contributed by atoms with Gasteiger partial charge >= 0.3 is 0 Å². The summed E-state index contributed by atoms with van der Waals surface area (Å²) in [5.74, 6) is 2.06. The van der Waals surface area contributed by atoms with Crippen LogP contribution in [0.25, 0.3) is 0 Å². The van der Waals surface area contributed by atoms with Crippen LogP contribution in [0.5, 0.6) is 5.75 Å². The summed E-state index contributed by atoms with van der Waals surface area (Å²) >= 11 is 6.18. The fraction of sp³-hybridized carbons (Fsp3) is 0.600. The Bertz CT molecular complexity index is 421. The molecule has 0 bridgehead atoms. The maximum atomic E-state index is 6.18. The summed E-state index contributed by atoms with van der Waals surface area (Å²) in [7, 11) is 0. The van der Waals surface area contributed by atoms with Gasteiger partial charge in [-0.2, -0.15) is 0 Å². The quantitative estimate of drug-likeness (QED) is 0.907. The van der Waals surface area contributed by atoms with Gasteiger partial charge in [-0.1, -0.05) is 25.4 Å². The molecule has 3 heteroatoms. The summed E-state index contributed by atoms with van der Waals surface area (Å²) in [6, 6.07) is 4.23. The van der Waals surface area contributed by atoms with Gasteiger partial charge in [0.15, 0.2) is 0 Å². The van der Waals surface area contributed by atoms with E-state index < -0.39 is 0 Å². The van der Waals surface area contributed by atoms with Crippen LogP contribution < -0.4 is 10.5 Å². The highest BCUT2D eigenvalue weighted by Gasteiger charge is 2.23. The number of ether oxygens (including phenoxy) is 1. The Labute approximate surface area is 114 Å². The van der Waals surface area contributed by atoms with Crippen molar-refractivity contribution in [2.24, 2.45) is 17.6 Å². The Hall–Kier alpha value is -0.730. The van der Waals surface area contributed by atoms with Gasteiger partial charge < -0.3 is 10.5 Å². The number of halogens is 1. The van der Waals surface area contributed by atoms with Crippen molar-refractivity contribution in [3.8, 4) is 5.75 Å². The Morgan fingerprint density at radius 3 is 2.67 bits per heavy atom. The maximum absolute atomic E-state index is 6.18. The zero-order valence-electron chi connectivity index (χ0n) is 11.4. The zero-order chi connectivity index (χ0) is 13.3. The molecule has 2 nitrogen and oxygen atoms in total. The van der Waals surface area contributed by atoms with Gasteiger partial charge in [0.1, 0.15) is 5.75 Å². The molecule has 0 radical (unpaired) electrons. The van der Waals surface area contributed by atoms with Crippen molar-refractivity contribution in [1.29, 1.82) is 0 Å². The SMILES string of the molecule is CC(C)C(Cc1cc(Cl)cc2c1OCC2)C(C)N. The first kappa shape index (κ1) is 13.7. The average Bonchev–Trinajstić information content (AvgIpc) is 2.72. The topological polar surface area (TPSA) is 35.2 Å². The highest BCUT2D eigenvalue weighted by atomic mass is 35.5. The van der Waals surface area contributed by atoms with E-state index in [0.717, 1.165) is 30.2 Å². The molecule has 0 aromatic heterocycles. The molecule has 1 aromatic rings. The van der Waals surface area contributed by atoms with Crippen molar-refractivity contribution in [3.05, 3.63) is 28.3 Å². The first-order valence-electron chi connectivity index (χ1n) is 6.68. The molecule has 0 fully saturated rings. The van der Waals surface area contributed by atoms with Gasteiger partial charge in [0, 0.05) is 17.5 Å². The number of nitrogens with two attached hydrogens (primary N) is 1. The second-order valence-electron chi connectivity index (χ2n) is 5.62. The van der Waals surface area contributed by atoms with Crippen LogP contribution in [0, 0.1) is 11.8 Å². The molecule has 2 N–H and O–H groups in total. The molecule has 0 saturated carbocycles. The summed E-state index contributed by atoms with van der Waals surface area (Å²) in [6.07, 6.45) is 1.91. The van der Waals surface area contributed by atoms with Gasteiger partial charge in [-0.25, -0.2) is 0 Å². The van der Waals surface area contributed by atoms with E-state index in [9.17, 15) is 0 Å². The first-order valence-corrected chi connectivity index (χ1v) is 7.06. The summed E-state index contributed by atoms with van der Waals surface area (Å²) in [6.45, 7) is 7.29. The van der Waals surface area contributed by atoms with Crippen LogP contribution in [-0.2, 0) is 12.8 Å². The lowest BCUT2D eigenvalue weighted by Gasteiger charge is -2.25. The molecule has 1 aliphatic rings. The predicted octanol–water partition coefficient (Wildman–Crippen LogP) is 3.44. The Balaban J connectivity index is 2.28. The third-order valence-electron chi connectivity index (χ3n) is 3.81. The van der Waals surface area contributed by atoms with Crippen molar-refractivity contribution in [2.45, 2.75) is 39.7 Å². The smallest absolute Gasteiger partial charge is 0.125 e. The van der Waals surface area contributed by atoms with Gasteiger partial charge in [0.2, 0.25) is 0 Å². The zero-order valence-corrected chi connectivity index (χ0v) is 12.1. The van der Waals surface area contributed by atoms with E-state index in [1.165, 1.54) is 11.1 Å². The van der Waals surface area contributed by atoms with Crippen LogP contribution in [0.15, 0.2) is 12.1 Å². The molecule has 2 atom stereocenters. The van der Waals surface area contributed by atoms with Gasteiger partial charge in [-0.05, 0) is 48.4 Å². The molecule has 18 heavy (non-hydrogen) atoms. The molecule has 1 aliphatic heterocycles. The average molecular weight is 268 g/mol. The van der Waals surface area contributed by atoms with Crippen LogP contribution in [0.4, 0.5) is 0 Å². The fourth-order valence-electron chi connectivity index (χ4n) is 2.78. The Morgan fingerprint density at radius 1 is 1.33 bits per heavy atom. The molecular weight excluding hydrogens is 246 g/mol. The summed E-state index contributed by atoms with van der Waals surface area (Å²) in [5.41, 5.74) is 8.55. The van der Waals surface area contributed by atoms with E-state index in [1.807, 2.05) is 12.1 Å². The lowest BCUT2D eigenvalue weighted by molar-refractivity contribution is 0.317. The van der Waals surface area contributed by atoms with Crippen LogP contribution >= 0.6 is 11.6 Å². The second-order valence-corrected chi connectivity index (χ2v) is 6.06. The second kappa shape index (κ2) is 5.50. The third kappa shape index (κ3) is 2.81. The third-order valence-corrected chi connectivity index (χ3v) is 4.03. The molecule has 0 amide bonds. The van der Waals surface area contributed by atoms with Crippen molar-refractivity contribution in [1.82, 2.24) is 0 Å². The van der Waals surface area contributed by atoms with Crippen LogP contribution in [-0.4, -0.2) is 12.6 Å². The van der Waals surface area contributed by atoms with Crippen molar-refractivity contribution in [3.63, 3.8) is 0 Å². The minimum Gasteiger partial charge on any atom is -0.493 e. The molecule has 2 rings (SSSR count). The van der Waals surface area contributed by atoms with Crippen molar-refractivity contribution in [2.75, 3.05) is 6.61 Å². The summed E-state index contributed by atoms with van der Waals surface area (Å²) in [5, 5.41) is 0.807. The molecular formula is C15H22ClNO. The lowest BCUT2D eigenvalue weighted by Crippen LogP contribution is -2.32. The van der Waals surface area contributed by atoms with E-state index in [1.54, 1.807) is 0 Å². The minimum absolute atomic E-state index is 0.182. The molecule has 0 spiro atoms. The van der Waals surface area contributed by atoms with Gasteiger partial charge in [-0.15, -0.1) is 0 Å². The summed E-state index contributed by atoms with van der Waals surface area (Å²) in [4.78, 5) is 0. The monoisotopic (exact) mass is 267 g/mol. The number of benzene rings is 1. The largest absolute Gasteiger partial charge is 0.493 e. The molecule has 100 valence electrons. The highest BCUT2D eigenvalue weighted by Crippen LogP contribution is 2.35. The van der Waals surface area contributed by atoms with Gasteiger partial charge in [0.25, 0.3) is 0 Å². The first-order chi connectivity index (χ1) is 8.49. The van der Waals surface area contributed by atoms with Crippen LogP contribution in [0.2, 0.25) is 5.02 Å². The van der Waals surface area contributed by atoms with E-state index in [2.05, 4.69) is 20.8 Å². The normalized spacial score (nSPS) is 17.4. The Morgan fingerprint density at radius 2 is 2.06 bits per heavy atom. The fourth-order valence-corrected chi connectivity index (χ4v) is 3.04. The predicted molar refractivity (Wildman–Crippen MR) is 76.3 cm³/mol. The molecule has 1 heterocycles. The van der Waals surface area contributed by atoms with Crippen molar-refractivity contribution < 1.29 is 4.74 Å². The molecule has 0 aliphatic carbocycles.